The lowest BCUT2D eigenvalue weighted by atomic mass is 10.9. The van der Waals surface area contributed by atoms with Gasteiger partial charge in [0.25, 0.3) is 0 Å². The van der Waals surface area contributed by atoms with Gasteiger partial charge in [-0.05, 0) is 6.92 Å². The second kappa shape index (κ2) is 4.74. The van der Waals surface area contributed by atoms with Crippen molar-refractivity contribution in [2.45, 2.75) is 6.92 Å². The summed E-state index contributed by atoms with van der Waals surface area (Å²) in [6.07, 6.45) is 4.37. The van der Waals surface area contributed by atoms with E-state index in [1.54, 1.807) is 0 Å². The molecule has 1 unspecified atom stereocenters. The summed E-state index contributed by atoms with van der Waals surface area (Å²) in [6, 6.07) is 0. The van der Waals surface area contributed by atoms with Gasteiger partial charge < -0.3 is 4.90 Å². The Morgan fingerprint density at radius 3 is 2.33 bits per heavy atom. The summed E-state index contributed by atoms with van der Waals surface area (Å²) in [4.78, 5) is 2.07. The van der Waals surface area contributed by atoms with E-state index in [9.17, 15) is 0 Å². The topological polar surface area (TPSA) is 3.24 Å². The molecule has 0 aromatic carbocycles. The Kier molecular flexibility index (Phi) is 4.68. The van der Waals surface area contributed by atoms with E-state index in [0.717, 1.165) is 0 Å². The van der Waals surface area contributed by atoms with Crippen LogP contribution in [0.4, 0.5) is 0 Å². The maximum Gasteiger partial charge on any atom is 0.134 e. The zero-order valence-corrected chi connectivity index (χ0v) is 7.53. The summed E-state index contributed by atoms with van der Waals surface area (Å²) in [5.74, 6) is 1.25. The van der Waals surface area contributed by atoms with E-state index in [1.807, 2.05) is 14.1 Å². The summed E-state index contributed by atoms with van der Waals surface area (Å²) in [6.45, 7) is 2.21. The van der Waals surface area contributed by atoms with Crippen molar-refractivity contribution < 1.29 is 0 Å². The molecule has 0 aliphatic rings. The molecule has 0 spiro atoms. The summed E-state index contributed by atoms with van der Waals surface area (Å²) < 4.78 is 0. The van der Waals surface area contributed by atoms with Crippen molar-refractivity contribution >= 4 is 10.9 Å². The van der Waals surface area contributed by atoms with E-state index in [4.69, 9.17) is 0 Å². The van der Waals surface area contributed by atoms with Gasteiger partial charge in [-0.1, -0.05) is 0 Å². The average Bonchev–Trinajstić information content (AvgIpc) is 1.83. The van der Waals surface area contributed by atoms with Crippen molar-refractivity contribution in [2.24, 2.45) is 0 Å². The van der Waals surface area contributed by atoms with Crippen LogP contribution in [0.25, 0.3) is 0 Å². The van der Waals surface area contributed by atoms with Gasteiger partial charge in [0, 0.05) is 31.2 Å². The maximum atomic E-state index is 2.25. The zero-order valence-electron chi connectivity index (χ0n) is 6.72. The molecule has 2 heteroatoms. The molecule has 0 heterocycles. The third-order valence-electron chi connectivity index (χ3n) is 1.05. The first-order chi connectivity index (χ1) is 4.16. The molecule has 0 aromatic rings. The molecule has 0 bridgehead atoms. The van der Waals surface area contributed by atoms with Gasteiger partial charge in [-0.15, -0.1) is 0 Å². The van der Waals surface area contributed by atoms with E-state index in [2.05, 4.69) is 29.7 Å². The van der Waals surface area contributed by atoms with Gasteiger partial charge in [-0.25, -0.2) is 0 Å². The van der Waals surface area contributed by atoms with Crippen LogP contribution >= 0.6 is 0 Å². The fourth-order valence-electron chi connectivity index (χ4n) is 0.322. The molecule has 0 radical (unpaired) electrons. The number of nitrogens with zero attached hydrogens (tertiary/aromatic N) is 1. The minimum Gasteiger partial charge on any atom is -0.380 e. The molecule has 0 fully saturated rings. The van der Waals surface area contributed by atoms with E-state index in [0.29, 0.717) is 10.9 Å². The number of rotatable bonds is 3. The molecule has 0 saturated heterocycles. The first kappa shape index (κ1) is 8.89. The van der Waals surface area contributed by atoms with Crippen LogP contribution in [-0.4, -0.2) is 31.0 Å². The Morgan fingerprint density at radius 1 is 1.44 bits per heavy atom. The van der Waals surface area contributed by atoms with Gasteiger partial charge >= 0.3 is 0 Å². The smallest absolute Gasteiger partial charge is 0.134 e. The minimum atomic E-state index is 0.480. The fourth-order valence-corrected chi connectivity index (χ4v) is 0.965. The number of hydrogen-bond acceptors (Lipinski definition) is 1. The summed E-state index contributed by atoms with van der Waals surface area (Å²) in [5.41, 5.74) is 0. The normalized spacial score (nSPS) is 14.2. The van der Waals surface area contributed by atoms with Crippen molar-refractivity contribution in [3.8, 4) is 0 Å². The van der Waals surface area contributed by atoms with E-state index < -0.39 is 0 Å². The van der Waals surface area contributed by atoms with Crippen LogP contribution in [0.2, 0.25) is 0 Å². The third-order valence-corrected chi connectivity index (χ3v) is 2.54. The van der Waals surface area contributed by atoms with Crippen molar-refractivity contribution in [3.63, 3.8) is 0 Å². The molecule has 54 valence electrons. The molecule has 9 heavy (non-hydrogen) atoms. The third kappa shape index (κ3) is 5.77. The van der Waals surface area contributed by atoms with Gasteiger partial charge in [0.15, 0.2) is 0 Å². The van der Waals surface area contributed by atoms with Crippen molar-refractivity contribution in [2.75, 3.05) is 26.1 Å². The van der Waals surface area contributed by atoms with Gasteiger partial charge in [-0.3, -0.25) is 0 Å². The van der Waals surface area contributed by atoms with Crippen LogP contribution in [0.5, 0.6) is 0 Å². The molecule has 0 rings (SSSR count). The highest BCUT2D eigenvalue weighted by atomic mass is 32.2. The Labute approximate surface area is 61.1 Å². The van der Waals surface area contributed by atoms with Crippen molar-refractivity contribution in [1.82, 2.24) is 4.90 Å². The molecule has 0 N–H and O–H groups in total. The Morgan fingerprint density at radius 2 is 2.00 bits per heavy atom. The lowest BCUT2D eigenvalue weighted by Gasteiger charge is -2.01. The van der Waals surface area contributed by atoms with E-state index in [1.165, 1.54) is 5.75 Å². The highest BCUT2D eigenvalue weighted by Crippen LogP contribution is 1.92. The molecule has 1 atom stereocenters. The second-order valence-electron chi connectivity index (χ2n) is 2.23. The van der Waals surface area contributed by atoms with Crippen LogP contribution in [0, 0.1) is 0 Å². The molecule has 0 aliphatic carbocycles. The lowest BCUT2D eigenvalue weighted by molar-refractivity contribution is 0.565. The average molecular weight is 146 g/mol. The minimum absolute atomic E-state index is 0.480. The predicted octanol–water partition coefficient (Wildman–Crippen LogP) is 1.29. The van der Waals surface area contributed by atoms with Gasteiger partial charge in [0.2, 0.25) is 0 Å². The standard InChI is InChI=1S/C7H16NS/c1-5-9(4)7-6-8(2)3/h6-7H,5H2,1-4H3/q+1/b7-6+. The Bertz CT molecular complexity index is 88.9. The van der Waals surface area contributed by atoms with Gasteiger partial charge in [0.05, 0.1) is 0 Å². The van der Waals surface area contributed by atoms with Crippen molar-refractivity contribution in [1.29, 1.82) is 0 Å². The van der Waals surface area contributed by atoms with Crippen LogP contribution in [-0.2, 0) is 10.9 Å². The van der Waals surface area contributed by atoms with E-state index >= 15 is 0 Å². The second-order valence-corrected chi connectivity index (χ2v) is 4.46. The molecule has 0 aromatic heterocycles. The SMILES string of the molecule is CC[S+](C)/C=C/N(C)C. The molecular weight excluding hydrogens is 130 g/mol. The van der Waals surface area contributed by atoms with E-state index in [-0.39, 0.29) is 0 Å². The fraction of sp³-hybridized carbons (Fsp3) is 0.714. The predicted molar refractivity (Wildman–Crippen MR) is 46.7 cm³/mol. The highest BCUT2D eigenvalue weighted by Gasteiger charge is 1.98. The first-order valence-corrected chi connectivity index (χ1v) is 4.99. The number of hydrogen-bond donors (Lipinski definition) is 0. The lowest BCUT2D eigenvalue weighted by Crippen LogP contribution is -2.03. The van der Waals surface area contributed by atoms with Crippen LogP contribution < -0.4 is 0 Å². The monoisotopic (exact) mass is 146 g/mol. The highest BCUT2D eigenvalue weighted by molar-refractivity contribution is 7.98. The molecule has 0 saturated carbocycles. The molecule has 1 nitrogen and oxygen atoms in total. The van der Waals surface area contributed by atoms with Gasteiger partial charge in [0.1, 0.15) is 17.4 Å². The largest absolute Gasteiger partial charge is 0.380 e. The first-order valence-electron chi connectivity index (χ1n) is 3.13. The molecule has 0 aliphatic heterocycles. The molecular formula is C7H16NS+. The summed E-state index contributed by atoms with van der Waals surface area (Å²) in [7, 11) is 4.57. The van der Waals surface area contributed by atoms with Gasteiger partial charge in [-0.2, -0.15) is 0 Å². The summed E-state index contributed by atoms with van der Waals surface area (Å²) in [5, 5.41) is 2.25. The quantitative estimate of drug-likeness (QED) is 0.542. The van der Waals surface area contributed by atoms with Crippen LogP contribution in [0.15, 0.2) is 11.6 Å². The Balaban J connectivity index is 3.43. The van der Waals surface area contributed by atoms with Crippen LogP contribution in [0.1, 0.15) is 6.92 Å². The van der Waals surface area contributed by atoms with Crippen LogP contribution in [0.3, 0.4) is 0 Å². The zero-order chi connectivity index (χ0) is 7.28. The van der Waals surface area contributed by atoms with Crippen molar-refractivity contribution in [3.05, 3.63) is 11.6 Å². The Hall–Kier alpha value is -0.110. The maximum absolute atomic E-state index is 2.25. The molecule has 0 amide bonds. The summed E-state index contributed by atoms with van der Waals surface area (Å²) >= 11 is 0.